The highest BCUT2D eigenvalue weighted by Crippen LogP contribution is 2.34. The van der Waals surface area contributed by atoms with E-state index in [1.807, 2.05) is 12.1 Å². The number of methoxy groups -OCH3 is 1. The smallest absolute Gasteiger partial charge is 0.152 e. The number of nitrogens with zero attached hydrogens (tertiary/aromatic N) is 2. The molecule has 2 aliphatic rings. The lowest BCUT2D eigenvalue weighted by molar-refractivity contribution is 0.191. The SMILES string of the molecule is COCCN[C@H]1CC[C@H](Nc2cc(-c3cnc(Cl)c(NCC4CC4)c3)c(Cl)cn2)CC1. The average Bonchev–Trinajstić information content (AvgIpc) is 3.61. The number of anilines is 2. The molecule has 0 spiro atoms. The van der Waals surface area contributed by atoms with Crippen LogP contribution >= 0.6 is 23.2 Å². The summed E-state index contributed by atoms with van der Waals surface area (Å²) < 4.78 is 5.12. The van der Waals surface area contributed by atoms with E-state index in [9.17, 15) is 0 Å². The van der Waals surface area contributed by atoms with E-state index >= 15 is 0 Å². The molecular formula is C23H31Cl2N5O. The third kappa shape index (κ3) is 6.45. The minimum absolute atomic E-state index is 0.418. The van der Waals surface area contributed by atoms with Crippen molar-refractivity contribution in [3.8, 4) is 11.1 Å². The molecule has 2 aliphatic carbocycles. The second-order valence-corrected chi connectivity index (χ2v) is 9.34. The molecule has 2 aromatic rings. The Balaban J connectivity index is 1.39. The summed E-state index contributed by atoms with van der Waals surface area (Å²) in [4.78, 5) is 8.88. The highest BCUT2D eigenvalue weighted by Gasteiger charge is 2.22. The molecule has 2 saturated carbocycles. The highest BCUT2D eigenvalue weighted by atomic mass is 35.5. The summed E-state index contributed by atoms with van der Waals surface area (Å²) >= 11 is 12.8. The highest BCUT2D eigenvalue weighted by molar-refractivity contribution is 6.33. The van der Waals surface area contributed by atoms with Crippen molar-refractivity contribution in [2.24, 2.45) is 5.92 Å². The molecule has 2 fully saturated rings. The van der Waals surface area contributed by atoms with Crippen molar-refractivity contribution < 1.29 is 4.74 Å². The minimum Gasteiger partial charge on any atom is -0.383 e. The summed E-state index contributed by atoms with van der Waals surface area (Å²) in [5, 5.41) is 11.7. The van der Waals surface area contributed by atoms with E-state index in [-0.39, 0.29) is 0 Å². The number of aromatic nitrogens is 2. The molecule has 0 aromatic carbocycles. The topological polar surface area (TPSA) is 71.1 Å². The number of nitrogens with one attached hydrogen (secondary N) is 3. The van der Waals surface area contributed by atoms with E-state index in [0.717, 1.165) is 73.9 Å². The average molecular weight is 464 g/mol. The molecular weight excluding hydrogens is 433 g/mol. The summed E-state index contributed by atoms with van der Waals surface area (Å²) in [5.41, 5.74) is 2.70. The van der Waals surface area contributed by atoms with Crippen molar-refractivity contribution in [3.05, 3.63) is 34.7 Å². The number of pyridine rings is 2. The van der Waals surface area contributed by atoms with Crippen LogP contribution in [-0.4, -0.2) is 48.9 Å². The van der Waals surface area contributed by atoms with Gasteiger partial charge in [0.05, 0.1) is 17.3 Å². The van der Waals surface area contributed by atoms with Crippen LogP contribution in [0.25, 0.3) is 11.1 Å². The Kier molecular flexibility index (Phi) is 7.88. The Morgan fingerprint density at radius 1 is 1.00 bits per heavy atom. The van der Waals surface area contributed by atoms with Gasteiger partial charge in [0.15, 0.2) is 5.15 Å². The van der Waals surface area contributed by atoms with Gasteiger partial charge in [-0.1, -0.05) is 23.2 Å². The Hall–Kier alpha value is -1.60. The molecule has 0 amide bonds. The third-order valence-corrected chi connectivity index (χ3v) is 6.70. The molecule has 168 valence electrons. The van der Waals surface area contributed by atoms with Gasteiger partial charge < -0.3 is 20.7 Å². The lowest BCUT2D eigenvalue weighted by atomic mass is 9.91. The predicted molar refractivity (Wildman–Crippen MR) is 128 cm³/mol. The molecule has 8 heteroatoms. The van der Waals surface area contributed by atoms with Gasteiger partial charge >= 0.3 is 0 Å². The zero-order chi connectivity index (χ0) is 21.6. The molecule has 0 saturated heterocycles. The molecule has 2 heterocycles. The van der Waals surface area contributed by atoms with Crippen LogP contribution in [0.4, 0.5) is 11.5 Å². The van der Waals surface area contributed by atoms with Crippen LogP contribution < -0.4 is 16.0 Å². The predicted octanol–water partition coefficient (Wildman–Crippen LogP) is 5.23. The standard InChI is InChI=1S/C23H31Cl2N5O/c1-31-9-8-26-17-4-6-18(7-5-17)30-22-11-19(20(24)14-28-22)16-10-21(23(25)29-13-16)27-12-15-2-3-15/h10-11,13-15,17-18,26-27H,2-9,12H2,1H3,(H,28,30)/t17-,18-. The minimum atomic E-state index is 0.418. The van der Waals surface area contributed by atoms with Crippen LogP contribution in [-0.2, 0) is 4.74 Å². The molecule has 0 atom stereocenters. The first kappa shape index (κ1) is 22.6. The Morgan fingerprint density at radius 3 is 2.52 bits per heavy atom. The fraction of sp³-hybridized carbons (Fsp3) is 0.565. The molecule has 0 radical (unpaired) electrons. The second-order valence-electron chi connectivity index (χ2n) is 8.58. The fourth-order valence-corrected chi connectivity index (χ4v) is 4.43. The number of rotatable bonds is 10. The molecule has 3 N–H and O–H groups in total. The molecule has 0 unspecified atom stereocenters. The van der Waals surface area contributed by atoms with Gasteiger partial charge in [0, 0.05) is 55.8 Å². The van der Waals surface area contributed by atoms with Gasteiger partial charge in [-0.25, -0.2) is 9.97 Å². The first-order chi connectivity index (χ1) is 15.1. The number of halogens is 2. The quantitative estimate of drug-likeness (QED) is 0.330. The first-order valence-electron chi connectivity index (χ1n) is 11.2. The van der Waals surface area contributed by atoms with Crippen LogP contribution in [0.3, 0.4) is 0 Å². The van der Waals surface area contributed by atoms with E-state index in [0.29, 0.717) is 22.3 Å². The van der Waals surface area contributed by atoms with Crippen LogP contribution in [0.1, 0.15) is 38.5 Å². The van der Waals surface area contributed by atoms with E-state index in [2.05, 4.69) is 25.9 Å². The van der Waals surface area contributed by atoms with Crippen molar-refractivity contribution >= 4 is 34.7 Å². The molecule has 0 aliphatic heterocycles. The summed E-state index contributed by atoms with van der Waals surface area (Å²) in [5.74, 6) is 1.60. The van der Waals surface area contributed by atoms with Gasteiger partial charge in [-0.05, 0) is 56.6 Å². The van der Waals surface area contributed by atoms with Gasteiger partial charge in [-0.15, -0.1) is 0 Å². The van der Waals surface area contributed by atoms with Gasteiger partial charge in [0.2, 0.25) is 0 Å². The lowest BCUT2D eigenvalue weighted by Crippen LogP contribution is -2.38. The van der Waals surface area contributed by atoms with Crippen molar-refractivity contribution in [3.63, 3.8) is 0 Å². The molecule has 31 heavy (non-hydrogen) atoms. The summed E-state index contributed by atoms with van der Waals surface area (Å²) in [6.07, 6.45) is 10.6. The van der Waals surface area contributed by atoms with Gasteiger partial charge in [-0.3, -0.25) is 0 Å². The van der Waals surface area contributed by atoms with Crippen LogP contribution in [0.15, 0.2) is 24.5 Å². The summed E-state index contributed by atoms with van der Waals surface area (Å²) in [7, 11) is 1.74. The van der Waals surface area contributed by atoms with Crippen molar-refractivity contribution in [1.29, 1.82) is 0 Å². The first-order valence-corrected chi connectivity index (χ1v) is 11.9. The van der Waals surface area contributed by atoms with Crippen LogP contribution in [0.5, 0.6) is 0 Å². The lowest BCUT2D eigenvalue weighted by Gasteiger charge is -2.30. The summed E-state index contributed by atoms with van der Waals surface area (Å²) in [6, 6.07) is 5.03. The number of ether oxygens (including phenoxy) is 1. The Labute approximate surface area is 194 Å². The monoisotopic (exact) mass is 463 g/mol. The van der Waals surface area contributed by atoms with Crippen molar-refractivity contribution in [2.75, 3.05) is 37.4 Å². The Bertz CT molecular complexity index is 869. The molecule has 2 aromatic heterocycles. The third-order valence-electron chi connectivity index (χ3n) is 6.10. The fourth-order valence-electron chi connectivity index (χ4n) is 4.05. The van der Waals surface area contributed by atoms with Gasteiger partial charge in [0.25, 0.3) is 0 Å². The maximum atomic E-state index is 6.49. The Morgan fingerprint density at radius 2 is 1.77 bits per heavy atom. The van der Waals surface area contributed by atoms with E-state index < -0.39 is 0 Å². The number of hydrogen-bond acceptors (Lipinski definition) is 6. The van der Waals surface area contributed by atoms with Crippen LogP contribution in [0, 0.1) is 5.92 Å². The summed E-state index contributed by atoms with van der Waals surface area (Å²) in [6.45, 7) is 2.60. The van der Waals surface area contributed by atoms with E-state index in [4.69, 9.17) is 27.9 Å². The zero-order valence-corrected chi connectivity index (χ0v) is 19.5. The van der Waals surface area contributed by atoms with E-state index in [1.54, 1.807) is 19.5 Å². The van der Waals surface area contributed by atoms with Crippen molar-refractivity contribution in [2.45, 2.75) is 50.6 Å². The van der Waals surface area contributed by atoms with Gasteiger partial charge in [0.1, 0.15) is 5.82 Å². The molecule has 0 bridgehead atoms. The maximum Gasteiger partial charge on any atom is 0.152 e. The second kappa shape index (κ2) is 10.8. The normalized spacial score (nSPS) is 21.1. The maximum absolute atomic E-state index is 6.49. The molecule has 4 rings (SSSR count). The van der Waals surface area contributed by atoms with E-state index in [1.165, 1.54) is 12.8 Å². The van der Waals surface area contributed by atoms with Gasteiger partial charge in [-0.2, -0.15) is 0 Å². The zero-order valence-electron chi connectivity index (χ0n) is 18.0. The molecule has 6 nitrogen and oxygen atoms in total. The number of hydrogen-bond donors (Lipinski definition) is 3. The largest absolute Gasteiger partial charge is 0.383 e. The van der Waals surface area contributed by atoms with Crippen LogP contribution in [0.2, 0.25) is 10.2 Å². The van der Waals surface area contributed by atoms with Crippen molar-refractivity contribution in [1.82, 2.24) is 15.3 Å².